The molecule has 2 rings (SSSR count). The molecule has 2 aromatic carbocycles. The van der Waals surface area contributed by atoms with E-state index >= 15 is 0 Å². The van der Waals surface area contributed by atoms with Crippen LogP contribution < -0.4 is 4.74 Å². The highest BCUT2D eigenvalue weighted by Gasteiger charge is 2.41. The second kappa shape index (κ2) is 12.7. The van der Waals surface area contributed by atoms with Gasteiger partial charge in [0.05, 0.1) is 6.61 Å². The number of allylic oxidation sites excluding steroid dienone is 5. The van der Waals surface area contributed by atoms with Crippen LogP contribution in [0.3, 0.4) is 0 Å². The summed E-state index contributed by atoms with van der Waals surface area (Å²) in [5.74, 6) is -11.4. The maximum absolute atomic E-state index is 14.6. The van der Waals surface area contributed by atoms with Crippen LogP contribution in [0, 0.1) is 35.0 Å². The van der Waals surface area contributed by atoms with Crippen LogP contribution in [0.4, 0.5) is 35.1 Å². The molecule has 36 heavy (non-hydrogen) atoms. The van der Waals surface area contributed by atoms with Crippen molar-refractivity contribution < 1.29 is 49.7 Å². The number of aliphatic hydroxyl groups is 1. The zero-order chi connectivity index (χ0) is 27.0. The Kier molecular flexibility index (Phi) is 10.2. The second-order valence-electron chi connectivity index (χ2n) is 7.81. The summed E-state index contributed by atoms with van der Waals surface area (Å²) in [7, 11) is 0. The van der Waals surface area contributed by atoms with Gasteiger partial charge in [0, 0.05) is 18.6 Å². The SMILES string of the molecule is C=C/C=C(\C=C(\F)Cc1cc(F)c(C(F)(F)Oc2cc(F)c(F)c(F)c2)c(F)c1)CC(C)COCO. The number of benzene rings is 2. The average Bonchev–Trinajstić information content (AvgIpc) is 2.75. The fourth-order valence-corrected chi connectivity index (χ4v) is 3.28. The zero-order valence-electron chi connectivity index (χ0n) is 18.9. The third-order valence-electron chi connectivity index (χ3n) is 4.72. The van der Waals surface area contributed by atoms with Gasteiger partial charge in [0.2, 0.25) is 0 Å². The molecule has 0 aliphatic heterocycles. The largest absolute Gasteiger partial charge is 0.432 e. The molecule has 0 aromatic heterocycles. The van der Waals surface area contributed by atoms with Crippen molar-refractivity contribution >= 4 is 0 Å². The van der Waals surface area contributed by atoms with Gasteiger partial charge < -0.3 is 14.6 Å². The van der Waals surface area contributed by atoms with Gasteiger partial charge in [-0.3, -0.25) is 0 Å². The molecule has 0 aliphatic carbocycles. The van der Waals surface area contributed by atoms with E-state index < -0.39 is 65.5 Å². The minimum absolute atomic E-state index is 0.0851. The van der Waals surface area contributed by atoms with Crippen LogP contribution in [0.15, 0.2) is 60.5 Å². The highest BCUT2D eigenvalue weighted by atomic mass is 19.3. The molecular formula is C25H22F8O3. The minimum atomic E-state index is -4.75. The lowest BCUT2D eigenvalue weighted by molar-refractivity contribution is -0.189. The van der Waals surface area contributed by atoms with E-state index in [1.165, 1.54) is 12.2 Å². The lowest BCUT2D eigenvalue weighted by Crippen LogP contribution is -2.25. The summed E-state index contributed by atoms with van der Waals surface area (Å²) in [6.45, 7) is 5.00. The quantitative estimate of drug-likeness (QED) is 0.141. The highest BCUT2D eigenvalue weighted by molar-refractivity contribution is 5.34. The topological polar surface area (TPSA) is 38.7 Å². The molecule has 0 radical (unpaired) electrons. The molecule has 3 nitrogen and oxygen atoms in total. The molecule has 1 N–H and O–H groups in total. The molecule has 0 amide bonds. The van der Waals surface area contributed by atoms with Gasteiger partial charge in [-0.2, -0.15) is 8.78 Å². The molecule has 1 unspecified atom stereocenters. The van der Waals surface area contributed by atoms with Crippen molar-refractivity contribution in [2.45, 2.75) is 25.9 Å². The fourth-order valence-electron chi connectivity index (χ4n) is 3.28. The molecule has 0 aliphatic rings. The van der Waals surface area contributed by atoms with Gasteiger partial charge in [-0.25, -0.2) is 26.3 Å². The molecular weight excluding hydrogens is 500 g/mol. The van der Waals surface area contributed by atoms with E-state index in [9.17, 15) is 35.1 Å². The van der Waals surface area contributed by atoms with Gasteiger partial charge in [0.1, 0.15) is 35.6 Å². The Morgan fingerprint density at radius 1 is 1.03 bits per heavy atom. The molecule has 0 saturated heterocycles. The van der Waals surface area contributed by atoms with Crippen LogP contribution in [0.2, 0.25) is 0 Å². The molecule has 0 bridgehead atoms. The van der Waals surface area contributed by atoms with E-state index in [0.717, 1.165) is 6.08 Å². The predicted molar refractivity (Wildman–Crippen MR) is 115 cm³/mol. The molecule has 1 atom stereocenters. The predicted octanol–water partition coefficient (Wildman–Crippen LogP) is 7.01. The molecule has 0 spiro atoms. The van der Waals surface area contributed by atoms with Crippen LogP contribution >= 0.6 is 0 Å². The van der Waals surface area contributed by atoms with Crippen LogP contribution in [0.1, 0.15) is 24.5 Å². The number of rotatable bonds is 12. The number of hydrogen-bond acceptors (Lipinski definition) is 3. The van der Waals surface area contributed by atoms with Crippen molar-refractivity contribution in [2.75, 3.05) is 13.4 Å². The summed E-state index contributed by atoms with van der Waals surface area (Å²) >= 11 is 0. The summed E-state index contributed by atoms with van der Waals surface area (Å²) in [6, 6.07) is 1.09. The van der Waals surface area contributed by atoms with Crippen molar-refractivity contribution in [3.63, 3.8) is 0 Å². The molecule has 196 valence electrons. The Labute approximate surface area is 202 Å². The van der Waals surface area contributed by atoms with Crippen molar-refractivity contribution in [3.8, 4) is 5.75 Å². The lowest BCUT2D eigenvalue weighted by Gasteiger charge is -2.20. The van der Waals surface area contributed by atoms with E-state index in [0.29, 0.717) is 24.1 Å². The summed E-state index contributed by atoms with van der Waals surface area (Å²) in [5, 5.41) is 8.70. The molecule has 0 fully saturated rings. The van der Waals surface area contributed by atoms with Crippen molar-refractivity contribution in [1.29, 1.82) is 0 Å². The van der Waals surface area contributed by atoms with E-state index in [-0.39, 0.29) is 30.2 Å². The van der Waals surface area contributed by atoms with Crippen molar-refractivity contribution in [3.05, 3.63) is 101 Å². The first-order valence-corrected chi connectivity index (χ1v) is 10.4. The van der Waals surface area contributed by atoms with Crippen LogP contribution in [0.5, 0.6) is 5.75 Å². The minimum Gasteiger partial charge on any atom is -0.429 e. The maximum Gasteiger partial charge on any atom is 0.432 e. The summed E-state index contributed by atoms with van der Waals surface area (Å²) < 4.78 is 121. The molecule has 11 heteroatoms. The monoisotopic (exact) mass is 522 g/mol. The number of halogens is 8. The second-order valence-corrected chi connectivity index (χ2v) is 7.81. The van der Waals surface area contributed by atoms with Crippen molar-refractivity contribution in [2.24, 2.45) is 5.92 Å². The number of hydrogen-bond donors (Lipinski definition) is 1. The van der Waals surface area contributed by atoms with Crippen LogP contribution in [0.25, 0.3) is 0 Å². The van der Waals surface area contributed by atoms with Crippen LogP contribution in [-0.4, -0.2) is 18.5 Å². The smallest absolute Gasteiger partial charge is 0.429 e. The fraction of sp³-hybridized carbons (Fsp3) is 0.280. The standard InChI is InChI=1S/C25H22F8O3/c1-3-4-15(5-14(2)12-35-13-34)6-17(26)7-16-8-19(27)23(20(28)9-16)25(32,33)36-18-10-21(29)24(31)22(30)11-18/h3-4,6,8-11,14,34H,1,5,7,12-13H2,2H3/b15-4-,17-6+. The van der Waals surface area contributed by atoms with E-state index in [2.05, 4.69) is 11.3 Å². The summed E-state index contributed by atoms with van der Waals surface area (Å²) in [4.78, 5) is 0. The Bertz CT molecular complexity index is 1100. The van der Waals surface area contributed by atoms with Gasteiger partial charge in [-0.15, -0.1) is 0 Å². The van der Waals surface area contributed by atoms with Gasteiger partial charge >= 0.3 is 6.11 Å². The number of ether oxygens (including phenoxy) is 2. The number of aliphatic hydroxyl groups excluding tert-OH is 1. The van der Waals surface area contributed by atoms with E-state index in [4.69, 9.17) is 9.84 Å². The van der Waals surface area contributed by atoms with Gasteiger partial charge in [0.15, 0.2) is 17.5 Å². The normalized spacial score (nSPS) is 13.6. The number of alkyl halides is 2. The van der Waals surface area contributed by atoms with Crippen LogP contribution in [-0.2, 0) is 17.3 Å². The van der Waals surface area contributed by atoms with Gasteiger partial charge in [-0.1, -0.05) is 25.7 Å². The third-order valence-corrected chi connectivity index (χ3v) is 4.72. The Hall–Kier alpha value is -3.18. The first kappa shape index (κ1) is 29.1. The molecule has 0 heterocycles. The van der Waals surface area contributed by atoms with Gasteiger partial charge in [-0.05, 0) is 41.7 Å². The zero-order valence-corrected chi connectivity index (χ0v) is 18.9. The first-order chi connectivity index (χ1) is 16.9. The Morgan fingerprint density at radius 2 is 1.61 bits per heavy atom. The summed E-state index contributed by atoms with van der Waals surface area (Å²) in [6.07, 6.45) is -1.09. The average molecular weight is 522 g/mol. The molecule has 0 saturated carbocycles. The Balaban J connectivity index is 2.25. The maximum atomic E-state index is 14.6. The van der Waals surface area contributed by atoms with Crippen molar-refractivity contribution in [1.82, 2.24) is 0 Å². The van der Waals surface area contributed by atoms with Gasteiger partial charge in [0.25, 0.3) is 0 Å². The lowest BCUT2D eigenvalue weighted by atomic mass is 9.99. The van der Waals surface area contributed by atoms with E-state index in [1.807, 2.05) is 0 Å². The molecule has 2 aromatic rings. The Morgan fingerprint density at radius 3 is 2.14 bits per heavy atom. The summed E-state index contributed by atoms with van der Waals surface area (Å²) in [5.41, 5.74) is -1.76. The van der Waals surface area contributed by atoms with E-state index in [1.54, 1.807) is 6.92 Å². The third kappa shape index (κ3) is 7.92. The first-order valence-electron chi connectivity index (χ1n) is 10.4. The highest BCUT2D eigenvalue weighted by Crippen LogP contribution is 2.36.